The van der Waals surface area contributed by atoms with Crippen molar-refractivity contribution in [1.82, 2.24) is 0 Å². The molecule has 0 aromatic heterocycles. The first-order valence-electron chi connectivity index (χ1n) is 5.45. The van der Waals surface area contributed by atoms with Crippen molar-refractivity contribution in [2.75, 3.05) is 25.1 Å². The molecule has 5 heteroatoms. The zero-order valence-corrected chi connectivity index (χ0v) is 10.3. The highest BCUT2D eigenvalue weighted by atomic mass is 35.5. The minimum Gasteiger partial charge on any atom is -0.464 e. The number of halogens is 1. The normalized spacial score (nSPS) is 17.1. The van der Waals surface area contributed by atoms with Crippen LogP contribution < -0.4 is 5.32 Å². The smallest absolute Gasteiger partial charge is 0.336 e. The van der Waals surface area contributed by atoms with Gasteiger partial charge in [0.2, 0.25) is 0 Å². The molecule has 1 heterocycles. The third kappa shape index (κ3) is 2.53. The van der Waals surface area contributed by atoms with Crippen molar-refractivity contribution >= 4 is 23.3 Å². The van der Waals surface area contributed by atoms with E-state index < -0.39 is 5.54 Å². The van der Waals surface area contributed by atoms with Gasteiger partial charge in [-0.05, 0) is 25.1 Å². The lowest BCUT2D eigenvalue weighted by Crippen LogP contribution is -2.62. The monoisotopic (exact) mass is 255 g/mol. The summed E-state index contributed by atoms with van der Waals surface area (Å²) in [6, 6.07) is 7.22. The van der Waals surface area contributed by atoms with Crippen LogP contribution in [0.3, 0.4) is 0 Å². The third-order valence-electron chi connectivity index (χ3n) is 2.57. The molecule has 0 saturated carbocycles. The first-order chi connectivity index (χ1) is 8.16. The lowest BCUT2D eigenvalue weighted by Gasteiger charge is -2.40. The second kappa shape index (κ2) is 4.94. The number of anilines is 1. The lowest BCUT2D eigenvalue weighted by atomic mass is 9.97. The van der Waals surface area contributed by atoms with E-state index in [2.05, 4.69) is 5.32 Å². The summed E-state index contributed by atoms with van der Waals surface area (Å²) in [5, 5.41) is 3.75. The molecule has 92 valence electrons. The van der Waals surface area contributed by atoms with Crippen molar-refractivity contribution in [1.29, 1.82) is 0 Å². The van der Waals surface area contributed by atoms with E-state index in [0.29, 0.717) is 24.8 Å². The average Bonchev–Trinajstić information content (AvgIpc) is 2.24. The maximum atomic E-state index is 11.8. The lowest BCUT2D eigenvalue weighted by molar-refractivity contribution is -0.164. The summed E-state index contributed by atoms with van der Waals surface area (Å²) < 4.78 is 10.1. The summed E-state index contributed by atoms with van der Waals surface area (Å²) in [4.78, 5) is 11.8. The summed E-state index contributed by atoms with van der Waals surface area (Å²) >= 11 is 5.89. The van der Waals surface area contributed by atoms with Crippen molar-refractivity contribution in [3.63, 3.8) is 0 Å². The van der Waals surface area contributed by atoms with E-state index in [1.165, 1.54) is 0 Å². The second-order valence-corrected chi connectivity index (χ2v) is 4.37. The van der Waals surface area contributed by atoms with Crippen LogP contribution in [-0.4, -0.2) is 31.3 Å². The largest absolute Gasteiger partial charge is 0.464 e. The standard InChI is InChI=1S/C12H14ClNO3/c1-2-17-11(15)12(7-16-8-12)14-10-5-3-4-9(13)6-10/h3-6,14H,2,7-8H2,1H3. The van der Waals surface area contributed by atoms with Crippen LogP contribution in [0.4, 0.5) is 5.69 Å². The minimum absolute atomic E-state index is 0.286. The fourth-order valence-corrected chi connectivity index (χ4v) is 1.85. The Balaban J connectivity index is 2.12. The summed E-state index contributed by atoms with van der Waals surface area (Å²) in [7, 11) is 0. The molecule has 4 nitrogen and oxygen atoms in total. The van der Waals surface area contributed by atoms with Crippen molar-refractivity contribution < 1.29 is 14.3 Å². The van der Waals surface area contributed by atoms with E-state index in [0.717, 1.165) is 5.69 Å². The highest BCUT2D eigenvalue weighted by Crippen LogP contribution is 2.26. The van der Waals surface area contributed by atoms with Gasteiger partial charge in [-0.1, -0.05) is 17.7 Å². The molecule has 1 saturated heterocycles. The summed E-state index contributed by atoms with van der Waals surface area (Å²) in [6.45, 7) is 2.78. The molecule has 1 aliphatic heterocycles. The number of esters is 1. The van der Waals surface area contributed by atoms with Gasteiger partial charge < -0.3 is 14.8 Å². The number of hydrogen-bond acceptors (Lipinski definition) is 4. The van der Waals surface area contributed by atoms with Crippen molar-refractivity contribution in [3.05, 3.63) is 29.3 Å². The van der Waals surface area contributed by atoms with E-state index in [1.807, 2.05) is 12.1 Å². The topological polar surface area (TPSA) is 47.6 Å². The van der Waals surface area contributed by atoms with Crippen LogP contribution in [-0.2, 0) is 14.3 Å². The van der Waals surface area contributed by atoms with Gasteiger partial charge >= 0.3 is 5.97 Å². The first kappa shape index (κ1) is 12.2. The SMILES string of the molecule is CCOC(=O)C1(Nc2cccc(Cl)c2)COC1. The molecule has 1 aromatic carbocycles. The number of benzene rings is 1. The van der Waals surface area contributed by atoms with Gasteiger partial charge in [0.15, 0.2) is 5.54 Å². The molecule has 1 N–H and O–H groups in total. The number of ether oxygens (including phenoxy) is 2. The Kier molecular flexibility index (Phi) is 3.54. The molecule has 0 bridgehead atoms. The molecule has 0 aliphatic carbocycles. The molecule has 17 heavy (non-hydrogen) atoms. The Morgan fingerprint density at radius 2 is 2.35 bits per heavy atom. The molecule has 0 unspecified atom stereocenters. The maximum absolute atomic E-state index is 11.8. The molecule has 0 radical (unpaired) electrons. The molecule has 2 rings (SSSR count). The molecule has 1 aliphatic rings. The van der Waals surface area contributed by atoms with Crippen LogP contribution in [0.5, 0.6) is 0 Å². The number of carbonyl (C=O) groups excluding carboxylic acids is 1. The summed E-state index contributed by atoms with van der Waals surface area (Å²) in [5.41, 5.74) is 0.0228. The van der Waals surface area contributed by atoms with Crippen LogP contribution in [0.25, 0.3) is 0 Å². The molecule has 1 fully saturated rings. The van der Waals surface area contributed by atoms with E-state index in [4.69, 9.17) is 21.1 Å². The highest BCUT2D eigenvalue weighted by molar-refractivity contribution is 6.30. The fourth-order valence-electron chi connectivity index (χ4n) is 1.66. The summed E-state index contributed by atoms with van der Waals surface area (Å²) in [6.07, 6.45) is 0. The van der Waals surface area contributed by atoms with Gasteiger partial charge in [-0.15, -0.1) is 0 Å². The van der Waals surface area contributed by atoms with Crippen LogP contribution in [0.1, 0.15) is 6.92 Å². The number of nitrogens with one attached hydrogen (secondary N) is 1. The number of carbonyl (C=O) groups is 1. The van der Waals surface area contributed by atoms with Crippen molar-refractivity contribution in [2.24, 2.45) is 0 Å². The van der Waals surface area contributed by atoms with Crippen molar-refractivity contribution in [2.45, 2.75) is 12.5 Å². The number of hydrogen-bond donors (Lipinski definition) is 1. The van der Waals surface area contributed by atoms with Gasteiger partial charge in [0, 0.05) is 10.7 Å². The molecular weight excluding hydrogens is 242 g/mol. The first-order valence-corrected chi connectivity index (χ1v) is 5.83. The molecule has 0 amide bonds. The zero-order valence-electron chi connectivity index (χ0n) is 9.53. The molecule has 0 atom stereocenters. The van der Waals surface area contributed by atoms with Crippen LogP contribution in [0, 0.1) is 0 Å². The van der Waals surface area contributed by atoms with Gasteiger partial charge in [-0.3, -0.25) is 0 Å². The van der Waals surface area contributed by atoms with Crippen LogP contribution >= 0.6 is 11.6 Å². The second-order valence-electron chi connectivity index (χ2n) is 3.93. The zero-order chi connectivity index (χ0) is 12.3. The van der Waals surface area contributed by atoms with Gasteiger partial charge in [-0.25, -0.2) is 4.79 Å². The van der Waals surface area contributed by atoms with Crippen LogP contribution in [0.15, 0.2) is 24.3 Å². The highest BCUT2D eigenvalue weighted by Gasteiger charge is 2.47. The van der Waals surface area contributed by atoms with Crippen molar-refractivity contribution in [3.8, 4) is 0 Å². The van der Waals surface area contributed by atoms with Gasteiger partial charge in [0.25, 0.3) is 0 Å². The quantitative estimate of drug-likeness (QED) is 0.837. The number of rotatable bonds is 4. The van der Waals surface area contributed by atoms with Crippen LogP contribution in [0.2, 0.25) is 5.02 Å². The van der Waals surface area contributed by atoms with E-state index in [-0.39, 0.29) is 5.97 Å². The Morgan fingerprint density at radius 1 is 1.59 bits per heavy atom. The maximum Gasteiger partial charge on any atom is 0.336 e. The predicted molar refractivity (Wildman–Crippen MR) is 65.3 cm³/mol. The molecular formula is C12H14ClNO3. The minimum atomic E-state index is -0.763. The average molecular weight is 256 g/mol. The van der Waals surface area contributed by atoms with E-state index in [9.17, 15) is 4.79 Å². The van der Waals surface area contributed by atoms with E-state index >= 15 is 0 Å². The Labute approximate surface area is 105 Å². The fraction of sp³-hybridized carbons (Fsp3) is 0.417. The Bertz CT molecular complexity index is 418. The van der Waals surface area contributed by atoms with Gasteiger partial charge in [0.05, 0.1) is 19.8 Å². The molecule has 1 aromatic rings. The summed E-state index contributed by atoms with van der Waals surface area (Å²) in [5.74, 6) is -0.286. The van der Waals surface area contributed by atoms with E-state index in [1.54, 1.807) is 19.1 Å². The Hall–Kier alpha value is -1.26. The molecule has 0 spiro atoms. The predicted octanol–water partition coefficient (Wildman–Crippen LogP) is 2.08. The van der Waals surface area contributed by atoms with Gasteiger partial charge in [0.1, 0.15) is 0 Å². The Morgan fingerprint density at radius 3 is 2.88 bits per heavy atom. The van der Waals surface area contributed by atoms with Gasteiger partial charge in [-0.2, -0.15) is 0 Å². The third-order valence-corrected chi connectivity index (χ3v) is 2.81.